The van der Waals surface area contributed by atoms with Gasteiger partial charge in [0.25, 0.3) is 0 Å². The number of amides is 4. The number of nitrogens with zero attached hydrogens (tertiary/aromatic N) is 3. The summed E-state index contributed by atoms with van der Waals surface area (Å²) in [7, 11) is 0. The summed E-state index contributed by atoms with van der Waals surface area (Å²) < 4.78 is 12.1. The molecule has 5 aliphatic rings. The Bertz CT molecular complexity index is 1240. The van der Waals surface area contributed by atoms with Crippen molar-refractivity contribution >= 4 is 23.6 Å². The number of pyridine rings is 1. The number of piperazine rings is 1. The van der Waals surface area contributed by atoms with Gasteiger partial charge in [-0.05, 0) is 88.2 Å². The third-order valence-corrected chi connectivity index (χ3v) is 11.1. The van der Waals surface area contributed by atoms with Crippen molar-refractivity contribution in [2.75, 3.05) is 52.5 Å². The highest BCUT2D eigenvalue weighted by Crippen LogP contribution is 2.44. The standard InChI is InChI=1S/C37H56N6O6/c44-33(41-29-9-7-27(8-10-29)37(47)42-19-16-38-17-20-42)4-2-21-48-25-26-5-13-31(14-6-26)49-22-18-40-36(46)32-23-34(45)43(30-11-12-30)35(32)28-3-1-15-39-24-28/h1,3,15,24,26-27,29-32,35,38H,2,4-14,16-23,25H2,(H,40,46)(H,41,44)/t26?,27?,29?,31?,32-,35+/m0/s1. The Labute approximate surface area is 290 Å². The number of carbonyl (C=O) groups excluding carboxylic acids is 4. The molecule has 270 valence electrons. The Morgan fingerprint density at radius 3 is 2.45 bits per heavy atom. The molecule has 3 N–H and O–H groups in total. The van der Waals surface area contributed by atoms with Crippen LogP contribution in [0, 0.1) is 17.8 Å². The molecule has 0 spiro atoms. The molecular weight excluding hydrogens is 624 g/mol. The highest BCUT2D eigenvalue weighted by molar-refractivity contribution is 5.90. The number of hydrogen-bond donors (Lipinski definition) is 3. The van der Waals surface area contributed by atoms with E-state index in [0.29, 0.717) is 51.0 Å². The summed E-state index contributed by atoms with van der Waals surface area (Å²) in [4.78, 5) is 59.5. The fourth-order valence-corrected chi connectivity index (χ4v) is 8.23. The van der Waals surface area contributed by atoms with Gasteiger partial charge in [0.15, 0.2) is 0 Å². The van der Waals surface area contributed by atoms with Crippen molar-refractivity contribution in [3.05, 3.63) is 30.1 Å². The van der Waals surface area contributed by atoms with Crippen LogP contribution in [0.25, 0.3) is 0 Å². The van der Waals surface area contributed by atoms with Crippen LogP contribution < -0.4 is 16.0 Å². The van der Waals surface area contributed by atoms with Crippen LogP contribution in [-0.4, -0.2) is 109 Å². The van der Waals surface area contributed by atoms with Gasteiger partial charge in [-0.25, -0.2) is 0 Å². The molecule has 2 aliphatic heterocycles. The Morgan fingerprint density at radius 1 is 0.959 bits per heavy atom. The molecule has 3 aliphatic carbocycles. The SMILES string of the molecule is O=C(CCCOCC1CCC(OCCNC(=O)[C@H]2CC(=O)N(C3CC3)[C@@H]2c2cccnc2)CC1)NC1CCC(C(=O)N2CCNCC2)CC1. The zero-order chi connectivity index (χ0) is 34.0. The zero-order valence-corrected chi connectivity index (χ0v) is 29.0. The number of likely N-dealkylation sites (tertiary alicyclic amines) is 1. The minimum Gasteiger partial charge on any atom is -0.381 e. The molecular formula is C37H56N6O6. The minimum absolute atomic E-state index is 0.0593. The molecule has 0 radical (unpaired) electrons. The number of hydrogen-bond acceptors (Lipinski definition) is 8. The molecule has 2 saturated heterocycles. The van der Waals surface area contributed by atoms with E-state index >= 15 is 0 Å². The molecule has 4 amide bonds. The summed E-state index contributed by atoms with van der Waals surface area (Å²) in [5, 5.41) is 9.51. The molecule has 0 bridgehead atoms. The van der Waals surface area contributed by atoms with E-state index in [9.17, 15) is 19.2 Å². The van der Waals surface area contributed by atoms with Crippen molar-refractivity contribution in [1.82, 2.24) is 30.7 Å². The van der Waals surface area contributed by atoms with Crippen LogP contribution in [0.2, 0.25) is 0 Å². The van der Waals surface area contributed by atoms with Gasteiger partial charge in [-0.2, -0.15) is 0 Å². The minimum atomic E-state index is -0.410. The van der Waals surface area contributed by atoms with Crippen molar-refractivity contribution in [3.63, 3.8) is 0 Å². The highest BCUT2D eigenvalue weighted by Gasteiger charge is 2.49. The van der Waals surface area contributed by atoms with E-state index in [1.54, 1.807) is 12.4 Å². The van der Waals surface area contributed by atoms with Gasteiger partial charge in [-0.15, -0.1) is 0 Å². The Kier molecular flexibility index (Phi) is 12.9. The molecule has 12 nitrogen and oxygen atoms in total. The van der Waals surface area contributed by atoms with Gasteiger partial charge in [0, 0.05) is 89.2 Å². The summed E-state index contributed by atoms with van der Waals surface area (Å²) in [6, 6.07) is 4.00. The lowest BCUT2D eigenvalue weighted by Crippen LogP contribution is -2.49. The third kappa shape index (κ3) is 10.0. The molecule has 49 heavy (non-hydrogen) atoms. The van der Waals surface area contributed by atoms with E-state index < -0.39 is 5.92 Å². The maximum absolute atomic E-state index is 13.2. The maximum atomic E-state index is 13.2. The predicted molar refractivity (Wildman–Crippen MR) is 183 cm³/mol. The van der Waals surface area contributed by atoms with Crippen molar-refractivity contribution in [2.24, 2.45) is 17.8 Å². The second-order valence-corrected chi connectivity index (χ2v) is 14.7. The summed E-state index contributed by atoms with van der Waals surface area (Å²) in [5.41, 5.74) is 0.924. The molecule has 0 aromatic carbocycles. The van der Waals surface area contributed by atoms with Crippen LogP contribution in [0.5, 0.6) is 0 Å². The molecule has 2 atom stereocenters. The summed E-state index contributed by atoms with van der Waals surface area (Å²) in [6.45, 7) is 5.55. The van der Waals surface area contributed by atoms with Crippen molar-refractivity contribution in [3.8, 4) is 0 Å². The number of ether oxygens (including phenoxy) is 2. The van der Waals surface area contributed by atoms with Gasteiger partial charge >= 0.3 is 0 Å². The van der Waals surface area contributed by atoms with Gasteiger partial charge in [0.2, 0.25) is 23.6 Å². The predicted octanol–water partition coefficient (Wildman–Crippen LogP) is 2.73. The van der Waals surface area contributed by atoms with Gasteiger partial charge < -0.3 is 35.2 Å². The molecule has 0 unspecified atom stereocenters. The van der Waals surface area contributed by atoms with Crippen LogP contribution in [0.15, 0.2) is 24.5 Å². The fourth-order valence-electron chi connectivity index (χ4n) is 8.23. The van der Waals surface area contributed by atoms with Crippen molar-refractivity contribution in [1.29, 1.82) is 0 Å². The first-order chi connectivity index (χ1) is 24.0. The lowest BCUT2D eigenvalue weighted by molar-refractivity contribution is -0.137. The van der Waals surface area contributed by atoms with Gasteiger partial charge in [-0.1, -0.05) is 6.07 Å². The number of rotatable bonds is 15. The molecule has 3 saturated carbocycles. The fraction of sp³-hybridized carbons (Fsp3) is 0.757. The van der Waals surface area contributed by atoms with E-state index in [0.717, 1.165) is 96.0 Å². The molecule has 3 heterocycles. The first-order valence-electron chi connectivity index (χ1n) is 18.9. The first-order valence-corrected chi connectivity index (χ1v) is 18.9. The van der Waals surface area contributed by atoms with E-state index in [2.05, 4.69) is 20.9 Å². The molecule has 1 aromatic heterocycles. The smallest absolute Gasteiger partial charge is 0.226 e. The second kappa shape index (κ2) is 17.7. The van der Waals surface area contributed by atoms with E-state index in [-0.39, 0.29) is 54.3 Å². The zero-order valence-electron chi connectivity index (χ0n) is 29.0. The van der Waals surface area contributed by atoms with Crippen molar-refractivity contribution < 1.29 is 28.7 Å². The lowest BCUT2D eigenvalue weighted by atomic mass is 9.85. The largest absolute Gasteiger partial charge is 0.381 e. The lowest BCUT2D eigenvalue weighted by Gasteiger charge is -2.34. The molecule has 5 fully saturated rings. The quantitative estimate of drug-likeness (QED) is 0.240. The molecule has 1 aromatic rings. The van der Waals surface area contributed by atoms with E-state index in [1.165, 1.54) is 0 Å². The number of aromatic nitrogens is 1. The van der Waals surface area contributed by atoms with Crippen LogP contribution in [0.3, 0.4) is 0 Å². The summed E-state index contributed by atoms with van der Waals surface area (Å²) in [5.74, 6) is 0.548. The van der Waals surface area contributed by atoms with Gasteiger partial charge in [0.1, 0.15) is 0 Å². The van der Waals surface area contributed by atoms with Gasteiger partial charge in [0.05, 0.1) is 24.7 Å². The van der Waals surface area contributed by atoms with Crippen LogP contribution >= 0.6 is 0 Å². The average Bonchev–Trinajstić information content (AvgIpc) is 3.92. The molecule has 6 rings (SSSR count). The van der Waals surface area contributed by atoms with Crippen LogP contribution in [-0.2, 0) is 28.7 Å². The van der Waals surface area contributed by atoms with Crippen molar-refractivity contribution in [2.45, 2.75) is 108 Å². The summed E-state index contributed by atoms with van der Waals surface area (Å²) >= 11 is 0. The normalized spacial score (nSPS) is 29.1. The van der Waals surface area contributed by atoms with Crippen LogP contribution in [0.4, 0.5) is 0 Å². The average molecular weight is 681 g/mol. The Hall–Kier alpha value is -3.09. The van der Waals surface area contributed by atoms with E-state index in [1.807, 2.05) is 21.9 Å². The number of carbonyl (C=O) groups is 4. The second-order valence-electron chi connectivity index (χ2n) is 14.7. The van der Waals surface area contributed by atoms with Gasteiger partial charge in [-0.3, -0.25) is 24.2 Å². The third-order valence-electron chi connectivity index (χ3n) is 11.1. The Morgan fingerprint density at radius 2 is 1.73 bits per heavy atom. The van der Waals surface area contributed by atoms with E-state index in [4.69, 9.17) is 9.47 Å². The number of nitrogens with one attached hydrogen (secondary N) is 3. The Balaban J connectivity index is 0.783. The maximum Gasteiger partial charge on any atom is 0.226 e. The topological polar surface area (TPSA) is 142 Å². The molecule has 12 heteroatoms. The summed E-state index contributed by atoms with van der Waals surface area (Å²) in [6.07, 6.45) is 14.6. The highest BCUT2D eigenvalue weighted by atomic mass is 16.5. The monoisotopic (exact) mass is 680 g/mol. The first kappa shape index (κ1) is 35.7. The van der Waals surface area contributed by atoms with Crippen LogP contribution in [0.1, 0.15) is 95.1 Å².